The number of amidine groups is 1. The molecule has 0 aromatic heterocycles. The molecule has 0 saturated heterocycles. The Morgan fingerprint density at radius 3 is 2.53 bits per heavy atom. The molecule has 0 saturated carbocycles. The molecule has 0 aliphatic carbocycles. The van der Waals surface area contributed by atoms with Gasteiger partial charge in [0.05, 0.1) is 6.10 Å². The van der Waals surface area contributed by atoms with E-state index in [2.05, 4.69) is 19.0 Å². The van der Waals surface area contributed by atoms with Crippen LogP contribution in [0, 0.1) is 5.41 Å². The van der Waals surface area contributed by atoms with Crippen LogP contribution in [-0.2, 0) is 4.74 Å². The first kappa shape index (κ1) is 18.2. The van der Waals surface area contributed by atoms with Crippen LogP contribution in [0.2, 0.25) is 0 Å². The third kappa shape index (κ3) is 8.87. The number of hydrogen-bond acceptors (Lipinski definition) is 3. The third-order valence-corrected chi connectivity index (χ3v) is 3.61. The van der Waals surface area contributed by atoms with Crippen molar-refractivity contribution in [3.8, 4) is 0 Å². The summed E-state index contributed by atoms with van der Waals surface area (Å²) in [5.74, 6) is 0.292. The fraction of sp³-hybridized carbons (Fsp3) is 0.933. The van der Waals surface area contributed by atoms with Gasteiger partial charge in [-0.25, -0.2) is 0 Å². The molecule has 0 radical (unpaired) electrons. The third-order valence-electron chi connectivity index (χ3n) is 3.61. The zero-order chi connectivity index (χ0) is 14.7. The Morgan fingerprint density at radius 1 is 1.26 bits per heavy atom. The van der Waals surface area contributed by atoms with E-state index in [9.17, 15) is 0 Å². The lowest BCUT2D eigenvalue weighted by Gasteiger charge is -2.23. The molecule has 0 spiro atoms. The number of unbranched alkanes of at least 4 members (excludes halogenated alkanes) is 3. The van der Waals surface area contributed by atoms with Crippen LogP contribution in [0.25, 0.3) is 0 Å². The molecule has 4 nitrogen and oxygen atoms in total. The van der Waals surface area contributed by atoms with Crippen molar-refractivity contribution in [3.63, 3.8) is 0 Å². The van der Waals surface area contributed by atoms with Gasteiger partial charge in [0.1, 0.15) is 5.84 Å². The van der Waals surface area contributed by atoms with Gasteiger partial charge in [0, 0.05) is 12.0 Å². The van der Waals surface area contributed by atoms with Crippen molar-refractivity contribution in [2.24, 2.45) is 16.3 Å². The highest BCUT2D eigenvalue weighted by atomic mass is 16.5. The summed E-state index contributed by atoms with van der Waals surface area (Å²) in [5, 5.41) is 11.8. The van der Waals surface area contributed by atoms with Gasteiger partial charge >= 0.3 is 0 Å². The number of nitrogens with two attached hydrogens (primary N) is 1. The van der Waals surface area contributed by atoms with Gasteiger partial charge in [-0.1, -0.05) is 51.6 Å². The summed E-state index contributed by atoms with van der Waals surface area (Å²) in [6.07, 6.45) is 8.44. The van der Waals surface area contributed by atoms with E-state index < -0.39 is 0 Å². The standard InChI is InChI=1S/C15H32N2O2/c1-5-6-7-8-10-13(2)19-12-9-11-15(3,4)14(16)17-18/h13,18H,5-12H2,1-4H3,(H2,16,17). The van der Waals surface area contributed by atoms with Gasteiger partial charge in [-0.05, 0) is 26.2 Å². The molecule has 0 aliphatic heterocycles. The van der Waals surface area contributed by atoms with Crippen molar-refractivity contribution in [2.45, 2.75) is 78.7 Å². The Kier molecular flexibility index (Phi) is 9.66. The van der Waals surface area contributed by atoms with Crippen LogP contribution >= 0.6 is 0 Å². The SMILES string of the molecule is CCCCCCC(C)OCCCC(C)(C)C(N)=NO. The molecule has 0 aliphatic rings. The maximum Gasteiger partial charge on any atom is 0.144 e. The molecule has 4 heteroatoms. The van der Waals surface area contributed by atoms with Crippen molar-refractivity contribution in [1.82, 2.24) is 0 Å². The Morgan fingerprint density at radius 2 is 1.95 bits per heavy atom. The number of oxime groups is 1. The second-order valence-electron chi connectivity index (χ2n) is 6.00. The van der Waals surface area contributed by atoms with Gasteiger partial charge < -0.3 is 15.7 Å². The minimum Gasteiger partial charge on any atom is -0.409 e. The summed E-state index contributed by atoms with van der Waals surface area (Å²) in [4.78, 5) is 0. The van der Waals surface area contributed by atoms with Crippen LogP contribution < -0.4 is 5.73 Å². The van der Waals surface area contributed by atoms with Crippen LogP contribution in [0.4, 0.5) is 0 Å². The average Bonchev–Trinajstić information content (AvgIpc) is 2.38. The lowest BCUT2D eigenvalue weighted by Crippen LogP contribution is -2.32. The predicted octanol–water partition coefficient (Wildman–Crippen LogP) is 3.91. The monoisotopic (exact) mass is 272 g/mol. The van der Waals surface area contributed by atoms with E-state index in [-0.39, 0.29) is 5.41 Å². The van der Waals surface area contributed by atoms with Gasteiger partial charge in [-0.2, -0.15) is 0 Å². The highest BCUT2D eigenvalue weighted by Gasteiger charge is 2.22. The van der Waals surface area contributed by atoms with Crippen molar-refractivity contribution in [3.05, 3.63) is 0 Å². The van der Waals surface area contributed by atoms with Gasteiger partial charge in [0.15, 0.2) is 0 Å². The second-order valence-corrected chi connectivity index (χ2v) is 6.00. The van der Waals surface area contributed by atoms with Gasteiger partial charge in [0.25, 0.3) is 0 Å². The molecule has 0 fully saturated rings. The lowest BCUT2D eigenvalue weighted by atomic mass is 9.87. The summed E-state index contributed by atoms with van der Waals surface area (Å²) in [7, 11) is 0. The Hall–Kier alpha value is -0.770. The lowest BCUT2D eigenvalue weighted by molar-refractivity contribution is 0.0532. The van der Waals surface area contributed by atoms with E-state index in [1.165, 1.54) is 25.7 Å². The number of nitrogens with zero attached hydrogens (tertiary/aromatic N) is 1. The zero-order valence-corrected chi connectivity index (χ0v) is 13.1. The molecular weight excluding hydrogens is 240 g/mol. The zero-order valence-electron chi connectivity index (χ0n) is 13.1. The molecule has 0 rings (SSSR count). The van der Waals surface area contributed by atoms with Crippen LogP contribution in [0.3, 0.4) is 0 Å². The minimum atomic E-state index is -0.261. The average molecular weight is 272 g/mol. The molecular formula is C15H32N2O2. The molecule has 3 N–H and O–H groups in total. The van der Waals surface area contributed by atoms with E-state index in [4.69, 9.17) is 15.7 Å². The Labute approximate surface area is 118 Å². The first-order valence-electron chi connectivity index (χ1n) is 7.53. The summed E-state index contributed by atoms with van der Waals surface area (Å²) >= 11 is 0. The molecule has 1 unspecified atom stereocenters. The number of rotatable bonds is 11. The summed E-state index contributed by atoms with van der Waals surface area (Å²) in [6, 6.07) is 0. The highest BCUT2D eigenvalue weighted by Crippen LogP contribution is 2.22. The largest absolute Gasteiger partial charge is 0.409 e. The van der Waals surface area contributed by atoms with Gasteiger partial charge in [-0.3, -0.25) is 0 Å². The van der Waals surface area contributed by atoms with E-state index in [1.807, 2.05) is 13.8 Å². The van der Waals surface area contributed by atoms with Crippen LogP contribution in [0.1, 0.15) is 72.6 Å². The highest BCUT2D eigenvalue weighted by molar-refractivity contribution is 5.85. The summed E-state index contributed by atoms with van der Waals surface area (Å²) < 4.78 is 5.79. The predicted molar refractivity (Wildman–Crippen MR) is 80.6 cm³/mol. The normalized spacial score (nSPS) is 14.6. The van der Waals surface area contributed by atoms with E-state index >= 15 is 0 Å². The van der Waals surface area contributed by atoms with E-state index in [0.717, 1.165) is 25.9 Å². The molecule has 0 aromatic carbocycles. The quantitative estimate of drug-likeness (QED) is 0.197. The maximum absolute atomic E-state index is 8.69. The molecule has 19 heavy (non-hydrogen) atoms. The Balaban J connectivity index is 3.63. The topological polar surface area (TPSA) is 67.8 Å². The fourth-order valence-corrected chi connectivity index (χ4v) is 2.00. The molecule has 0 amide bonds. The van der Waals surface area contributed by atoms with Crippen LogP contribution in [0.5, 0.6) is 0 Å². The number of ether oxygens (including phenoxy) is 1. The minimum absolute atomic E-state index is 0.261. The van der Waals surface area contributed by atoms with Gasteiger partial charge in [0.2, 0.25) is 0 Å². The molecule has 114 valence electrons. The van der Waals surface area contributed by atoms with Gasteiger partial charge in [-0.15, -0.1) is 0 Å². The Bertz CT molecular complexity index is 253. The van der Waals surface area contributed by atoms with E-state index in [0.29, 0.717) is 11.9 Å². The number of hydrogen-bond donors (Lipinski definition) is 2. The summed E-state index contributed by atoms with van der Waals surface area (Å²) in [5.41, 5.74) is 5.38. The van der Waals surface area contributed by atoms with Crippen molar-refractivity contribution < 1.29 is 9.94 Å². The summed E-state index contributed by atoms with van der Waals surface area (Å²) in [6.45, 7) is 9.08. The van der Waals surface area contributed by atoms with Crippen LogP contribution in [-0.4, -0.2) is 23.8 Å². The molecule has 0 aromatic rings. The first-order chi connectivity index (χ1) is 8.94. The fourth-order valence-electron chi connectivity index (χ4n) is 2.00. The smallest absolute Gasteiger partial charge is 0.144 e. The van der Waals surface area contributed by atoms with E-state index in [1.54, 1.807) is 0 Å². The van der Waals surface area contributed by atoms with Crippen molar-refractivity contribution in [1.29, 1.82) is 0 Å². The van der Waals surface area contributed by atoms with Crippen LogP contribution in [0.15, 0.2) is 5.16 Å². The molecule has 0 heterocycles. The van der Waals surface area contributed by atoms with Crippen molar-refractivity contribution >= 4 is 5.84 Å². The molecule has 0 bridgehead atoms. The molecule has 1 atom stereocenters. The first-order valence-corrected chi connectivity index (χ1v) is 7.53. The van der Waals surface area contributed by atoms with Crippen molar-refractivity contribution in [2.75, 3.05) is 6.61 Å². The maximum atomic E-state index is 8.69. The second kappa shape index (κ2) is 10.1.